The number of H-pyrrole nitrogens is 1. The first-order valence-corrected chi connectivity index (χ1v) is 9.04. The van der Waals surface area contributed by atoms with Gasteiger partial charge in [-0.05, 0) is 38.2 Å². The van der Waals surface area contributed by atoms with Gasteiger partial charge in [0.05, 0.1) is 18.1 Å². The molecule has 5 heteroatoms. The summed E-state index contributed by atoms with van der Waals surface area (Å²) in [6.45, 7) is 1.35. The van der Waals surface area contributed by atoms with Gasteiger partial charge in [0.1, 0.15) is 0 Å². The van der Waals surface area contributed by atoms with E-state index >= 15 is 0 Å². The van der Waals surface area contributed by atoms with Crippen LogP contribution < -0.4 is 10.2 Å². The highest BCUT2D eigenvalue weighted by Crippen LogP contribution is 2.47. The van der Waals surface area contributed by atoms with Gasteiger partial charge in [-0.15, -0.1) is 0 Å². The van der Waals surface area contributed by atoms with E-state index in [9.17, 15) is 4.79 Å². The molecule has 132 valence electrons. The van der Waals surface area contributed by atoms with Crippen LogP contribution in [0.1, 0.15) is 16.8 Å². The fourth-order valence-electron chi connectivity index (χ4n) is 4.53. The van der Waals surface area contributed by atoms with E-state index < -0.39 is 5.54 Å². The van der Waals surface area contributed by atoms with Gasteiger partial charge in [-0.1, -0.05) is 36.4 Å². The van der Waals surface area contributed by atoms with Crippen molar-refractivity contribution in [3.05, 3.63) is 65.4 Å². The minimum Gasteiger partial charge on any atom is -0.356 e. The number of rotatable bonds is 2. The molecule has 0 aliphatic carbocycles. The van der Waals surface area contributed by atoms with Crippen LogP contribution in [0.3, 0.4) is 0 Å². The van der Waals surface area contributed by atoms with Crippen molar-refractivity contribution in [2.75, 3.05) is 32.2 Å². The van der Waals surface area contributed by atoms with Crippen LogP contribution in [0.5, 0.6) is 0 Å². The smallest absolute Gasteiger partial charge is 0.259 e. The lowest BCUT2D eigenvalue weighted by Gasteiger charge is -2.34. The molecule has 5 rings (SSSR count). The molecule has 0 fully saturated rings. The summed E-state index contributed by atoms with van der Waals surface area (Å²) in [6, 6.07) is 16.5. The van der Waals surface area contributed by atoms with Crippen molar-refractivity contribution < 1.29 is 4.79 Å². The van der Waals surface area contributed by atoms with E-state index in [1.165, 1.54) is 10.9 Å². The Labute approximate surface area is 152 Å². The summed E-state index contributed by atoms with van der Waals surface area (Å²) in [6.07, 6.45) is 0.921. The third-order valence-corrected chi connectivity index (χ3v) is 5.54. The summed E-state index contributed by atoms with van der Waals surface area (Å²) >= 11 is 0. The Morgan fingerprint density at radius 2 is 1.88 bits per heavy atom. The number of carbonyl (C=O) groups excluding carboxylic acids is 1. The van der Waals surface area contributed by atoms with Gasteiger partial charge in [-0.2, -0.15) is 0 Å². The first kappa shape index (κ1) is 15.6. The topological polar surface area (TPSA) is 51.4 Å². The van der Waals surface area contributed by atoms with E-state index in [1.54, 1.807) is 0 Å². The molecule has 0 saturated carbocycles. The largest absolute Gasteiger partial charge is 0.356 e. The van der Waals surface area contributed by atoms with Crippen LogP contribution in [0.15, 0.2) is 48.5 Å². The Kier molecular flexibility index (Phi) is 3.26. The summed E-state index contributed by atoms with van der Waals surface area (Å²) in [5.41, 5.74) is 4.57. The summed E-state index contributed by atoms with van der Waals surface area (Å²) < 4.78 is 0. The fraction of sp³-hybridized carbons (Fsp3) is 0.286. The third-order valence-electron chi connectivity index (χ3n) is 5.54. The minimum atomic E-state index is -0.820. The Morgan fingerprint density at radius 1 is 1.12 bits per heavy atom. The van der Waals surface area contributed by atoms with Crippen LogP contribution in [-0.4, -0.2) is 43.1 Å². The number of benzene rings is 2. The van der Waals surface area contributed by atoms with Gasteiger partial charge in [-0.25, -0.2) is 0 Å². The Bertz CT molecular complexity index is 1020. The molecule has 1 amide bonds. The first-order chi connectivity index (χ1) is 12.6. The molecular weight excluding hydrogens is 324 g/mol. The van der Waals surface area contributed by atoms with Crippen molar-refractivity contribution in [1.29, 1.82) is 0 Å². The molecule has 2 aliphatic heterocycles. The van der Waals surface area contributed by atoms with Crippen LogP contribution in [-0.2, 0) is 16.8 Å². The highest BCUT2D eigenvalue weighted by atomic mass is 16.2. The number of aromatic nitrogens is 1. The zero-order valence-electron chi connectivity index (χ0n) is 15.0. The quantitative estimate of drug-likeness (QED) is 0.749. The number of carbonyl (C=O) groups is 1. The van der Waals surface area contributed by atoms with E-state index in [0.29, 0.717) is 6.67 Å². The second kappa shape index (κ2) is 5.43. The number of fused-ring (bicyclic) bond motifs is 6. The van der Waals surface area contributed by atoms with Gasteiger partial charge in [0.15, 0.2) is 5.54 Å². The Hall–Kier alpha value is -2.63. The van der Waals surface area contributed by atoms with E-state index in [0.717, 1.165) is 35.4 Å². The predicted molar refractivity (Wildman–Crippen MR) is 103 cm³/mol. The second-order valence-corrected chi connectivity index (χ2v) is 7.42. The number of hydrogen-bond acceptors (Lipinski definition) is 3. The lowest BCUT2D eigenvalue weighted by atomic mass is 9.82. The molecule has 0 radical (unpaired) electrons. The van der Waals surface area contributed by atoms with Crippen molar-refractivity contribution in [1.82, 2.24) is 15.2 Å². The Balaban J connectivity index is 1.79. The third kappa shape index (κ3) is 1.90. The second-order valence-electron chi connectivity index (χ2n) is 7.42. The number of anilines is 1. The number of para-hydroxylation sites is 2. The number of aromatic amines is 1. The highest BCUT2D eigenvalue weighted by molar-refractivity contribution is 6.11. The van der Waals surface area contributed by atoms with Gasteiger partial charge in [0, 0.05) is 23.0 Å². The maximum Gasteiger partial charge on any atom is 0.259 e. The predicted octanol–water partition coefficient (Wildman–Crippen LogP) is 2.42. The molecule has 2 aliphatic rings. The van der Waals surface area contributed by atoms with Gasteiger partial charge in [0.25, 0.3) is 5.91 Å². The van der Waals surface area contributed by atoms with E-state index in [1.807, 2.05) is 48.2 Å². The van der Waals surface area contributed by atoms with Crippen molar-refractivity contribution in [3.63, 3.8) is 0 Å². The molecule has 3 aromatic rings. The van der Waals surface area contributed by atoms with Crippen molar-refractivity contribution in [2.45, 2.75) is 12.0 Å². The summed E-state index contributed by atoms with van der Waals surface area (Å²) in [7, 11) is 3.98. The number of amides is 1. The molecule has 3 heterocycles. The lowest BCUT2D eigenvalue weighted by molar-refractivity contribution is -0.123. The van der Waals surface area contributed by atoms with Crippen LogP contribution in [0.4, 0.5) is 5.69 Å². The maximum absolute atomic E-state index is 13.7. The zero-order valence-corrected chi connectivity index (χ0v) is 15.0. The molecule has 2 N–H and O–H groups in total. The number of nitrogens with zero attached hydrogens (tertiary/aromatic N) is 2. The van der Waals surface area contributed by atoms with E-state index in [2.05, 4.69) is 34.6 Å². The molecule has 1 aromatic heterocycles. The summed E-state index contributed by atoms with van der Waals surface area (Å²) in [4.78, 5) is 21.2. The molecule has 2 aromatic carbocycles. The van der Waals surface area contributed by atoms with Crippen LogP contribution in [0.2, 0.25) is 0 Å². The molecule has 1 spiro atoms. The molecule has 0 unspecified atom stereocenters. The molecule has 1 atom stereocenters. The zero-order chi connectivity index (χ0) is 17.9. The van der Waals surface area contributed by atoms with Gasteiger partial charge < -0.3 is 4.98 Å². The summed E-state index contributed by atoms with van der Waals surface area (Å²) in [5, 5.41) is 4.80. The first-order valence-electron chi connectivity index (χ1n) is 9.04. The monoisotopic (exact) mass is 346 g/mol. The fourth-order valence-corrected chi connectivity index (χ4v) is 4.53. The molecular formula is C21H22N4O. The highest BCUT2D eigenvalue weighted by Gasteiger charge is 2.55. The molecule has 0 bridgehead atoms. The standard InChI is InChI=1S/C21H22N4O/c1-24(2)13-25-18-10-6-4-8-16(18)21(20(25)26)19-15(11-12-22-21)14-7-3-5-9-17(14)23-19/h3-10,22-23H,11-13H2,1-2H3/t21-/m0/s1. The normalized spacial score (nSPS) is 21.7. The SMILES string of the molecule is CN(C)CN1C(=O)[C@]2(NCCc3c2[nH]c2ccccc32)c2ccccc21. The van der Waals surface area contributed by atoms with Crippen molar-refractivity contribution >= 4 is 22.5 Å². The molecule has 0 saturated heterocycles. The minimum absolute atomic E-state index is 0.0971. The van der Waals surface area contributed by atoms with E-state index in [4.69, 9.17) is 0 Å². The van der Waals surface area contributed by atoms with Crippen molar-refractivity contribution in [3.8, 4) is 0 Å². The molecule has 26 heavy (non-hydrogen) atoms. The van der Waals surface area contributed by atoms with Gasteiger partial charge in [0.2, 0.25) is 0 Å². The van der Waals surface area contributed by atoms with Crippen LogP contribution >= 0.6 is 0 Å². The Morgan fingerprint density at radius 3 is 2.73 bits per heavy atom. The van der Waals surface area contributed by atoms with Gasteiger partial charge >= 0.3 is 0 Å². The maximum atomic E-state index is 13.7. The summed E-state index contributed by atoms with van der Waals surface area (Å²) in [5.74, 6) is 0.0971. The number of hydrogen-bond donors (Lipinski definition) is 2. The van der Waals surface area contributed by atoms with Crippen LogP contribution in [0.25, 0.3) is 10.9 Å². The lowest BCUT2D eigenvalue weighted by Crippen LogP contribution is -2.55. The van der Waals surface area contributed by atoms with Gasteiger partial charge in [-0.3, -0.25) is 19.9 Å². The number of nitrogens with one attached hydrogen (secondary N) is 2. The average Bonchev–Trinajstić information content (AvgIpc) is 3.13. The van der Waals surface area contributed by atoms with Crippen molar-refractivity contribution in [2.24, 2.45) is 0 Å². The van der Waals surface area contributed by atoms with E-state index in [-0.39, 0.29) is 5.91 Å². The van der Waals surface area contributed by atoms with Crippen LogP contribution in [0, 0.1) is 0 Å². The molecule has 5 nitrogen and oxygen atoms in total. The average molecular weight is 346 g/mol.